The molecule has 45 heavy (non-hydrogen) atoms. The van der Waals surface area contributed by atoms with Gasteiger partial charge in [-0.15, -0.1) is 0 Å². The first-order valence-electron chi connectivity index (χ1n) is 15.5. The van der Waals surface area contributed by atoms with Crippen molar-refractivity contribution in [1.82, 2.24) is 0 Å². The van der Waals surface area contributed by atoms with Crippen LogP contribution in [0.25, 0.3) is 17.2 Å². The smallest absolute Gasteiger partial charge is 0.343 e. The summed E-state index contributed by atoms with van der Waals surface area (Å²) in [6.45, 7) is 9.49. The zero-order valence-corrected chi connectivity index (χ0v) is 26.7. The van der Waals surface area contributed by atoms with Crippen LogP contribution in [-0.4, -0.2) is 50.9 Å². The molecule has 0 bridgehead atoms. The van der Waals surface area contributed by atoms with Gasteiger partial charge < -0.3 is 23.7 Å². The van der Waals surface area contributed by atoms with Crippen molar-refractivity contribution in [2.75, 3.05) is 33.0 Å². The van der Waals surface area contributed by atoms with E-state index in [1.807, 2.05) is 57.2 Å². The maximum Gasteiger partial charge on any atom is 0.343 e. The Morgan fingerprint density at radius 3 is 1.96 bits per heavy atom. The van der Waals surface area contributed by atoms with E-state index in [0.717, 1.165) is 42.4 Å². The second-order valence-electron chi connectivity index (χ2n) is 11.1. The first kappa shape index (κ1) is 35.1. The van der Waals surface area contributed by atoms with Crippen LogP contribution in [0.2, 0.25) is 0 Å². The molecule has 0 fully saturated rings. The lowest BCUT2D eigenvalue weighted by atomic mass is 9.91. The van der Waals surface area contributed by atoms with Gasteiger partial charge in [0.2, 0.25) is 0 Å². The van der Waals surface area contributed by atoms with Crippen molar-refractivity contribution in [3.05, 3.63) is 90.0 Å². The summed E-state index contributed by atoms with van der Waals surface area (Å²) >= 11 is 0. The number of carbonyl (C=O) groups is 3. The van der Waals surface area contributed by atoms with Gasteiger partial charge in [-0.05, 0) is 85.9 Å². The van der Waals surface area contributed by atoms with E-state index in [-0.39, 0.29) is 18.5 Å². The molecule has 0 spiro atoms. The Balaban J connectivity index is 1.39. The van der Waals surface area contributed by atoms with Gasteiger partial charge >= 0.3 is 17.9 Å². The summed E-state index contributed by atoms with van der Waals surface area (Å²) in [5, 5.41) is 0. The lowest BCUT2D eigenvalue weighted by Crippen LogP contribution is -2.27. The molecule has 0 saturated heterocycles. The molecule has 3 rings (SSSR count). The van der Waals surface area contributed by atoms with Crippen LogP contribution < -0.4 is 9.47 Å². The van der Waals surface area contributed by atoms with Gasteiger partial charge in [-0.25, -0.2) is 9.59 Å². The van der Waals surface area contributed by atoms with Crippen LogP contribution in [0.15, 0.2) is 78.9 Å². The molecule has 3 aromatic rings. The van der Waals surface area contributed by atoms with Crippen LogP contribution >= 0.6 is 0 Å². The highest BCUT2D eigenvalue weighted by molar-refractivity contribution is 5.91. The van der Waals surface area contributed by atoms with Gasteiger partial charge in [0.15, 0.2) is 0 Å². The standard InChI is InChI=1S/C37H44O8/c1-5-7-8-23-43-34(38)22-11-28-9-18-33(19-10-28)45-35(39)31-14-12-29(13-15-31)30-16-20-32(21-17-30)42-26-24-41-25-27-44-36(40)37(3,4)6-2/h9-22H,5-8,23-27H2,1-4H3/b22-11+. The van der Waals surface area contributed by atoms with E-state index in [4.69, 9.17) is 23.7 Å². The number of esters is 3. The Labute approximate surface area is 266 Å². The molecule has 0 aliphatic carbocycles. The lowest BCUT2D eigenvalue weighted by Gasteiger charge is -2.20. The van der Waals surface area contributed by atoms with E-state index in [0.29, 0.717) is 43.5 Å². The van der Waals surface area contributed by atoms with Crippen molar-refractivity contribution in [2.24, 2.45) is 5.41 Å². The predicted octanol–water partition coefficient (Wildman–Crippen LogP) is 7.69. The minimum absolute atomic E-state index is 0.217. The highest BCUT2D eigenvalue weighted by Crippen LogP contribution is 2.24. The second kappa shape index (κ2) is 18.4. The zero-order chi connectivity index (χ0) is 32.5. The monoisotopic (exact) mass is 616 g/mol. The summed E-state index contributed by atoms with van der Waals surface area (Å²) in [4.78, 5) is 36.4. The fraction of sp³-hybridized carbons (Fsp3) is 0.378. The normalized spacial score (nSPS) is 11.3. The van der Waals surface area contributed by atoms with Crippen molar-refractivity contribution < 1.29 is 38.1 Å². The quantitative estimate of drug-likeness (QED) is 0.0621. The Morgan fingerprint density at radius 1 is 0.689 bits per heavy atom. The molecule has 8 heteroatoms. The van der Waals surface area contributed by atoms with E-state index in [9.17, 15) is 14.4 Å². The largest absolute Gasteiger partial charge is 0.491 e. The topological polar surface area (TPSA) is 97.4 Å². The summed E-state index contributed by atoms with van der Waals surface area (Å²) < 4.78 is 27.2. The van der Waals surface area contributed by atoms with Gasteiger partial charge in [-0.2, -0.15) is 0 Å². The molecule has 0 unspecified atom stereocenters. The zero-order valence-electron chi connectivity index (χ0n) is 26.7. The SMILES string of the molecule is CCCCCOC(=O)/C=C/c1ccc(OC(=O)c2ccc(-c3ccc(OCCOCCOC(=O)C(C)(C)CC)cc3)cc2)cc1. The van der Waals surface area contributed by atoms with Crippen LogP contribution in [0.3, 0.4) is 0 Å². The van der Waals surface area contributed by atoms with Crippen LogP contribution in [0.5, 0.6) is 11.5 Å². The number of hydrogen-bond donors (Lipinski definition) is 0. The predicted molar refractivity (Wildman–Crippen MR) is 174 cm³/mol. The first-order chi connectivity index (χ1) is 21.7. The van der Waals surface area contributed by atoms with Crippen LogP contribution in [-0.2, 0) is 23.8 Å². The van der Waals surface area contributed by atoms with E-state index in [1.54, 1.807) is 42.5 Å². The van der Waals surface area contributed by atoms with Gasteiger partial charge in [0.05, 0.1) is 30.8 Å². The van der Waals surface area contributed by atoms with E-state index < -0.39 is 11.4 Å². The summed E-state index contributed by atoms with van der Waals surface area (Å²) in [6.07, 6.45) is 6.74. The molecule has 0 heterocycles. The number of unbranched alkanes of at least 4 members (excludes halogenated alkanes) is 2. The Bertz CT molecular complexity index is 1370. The average Bonchev–Trinajstić information content (AvgIpc) is 3.06. The fourth-order valence-corrected chi connectivity index (χ4v) is 3.95. The van der Waals surface area contributed by atoms with Gasteiger partial charge in [-0.3, -0.25) is 4.79 Å². The molecule has 3 aromatic carbocycles. The van der Waals surface area contributed by atoms with Gasteiger partial charge in [0.25, 0.3) is 0 Å². The molecular formula is C37H44O8. The molecular weight excluding hydrogens is 572 g/mol. The molecule has 0 aromatic heterocycles. The molecule has 0 N–H and O–H groups in total. The molecule has 0 radical (unpaired) electrons. The number of rotatable bonds is 18. The van der Waals surface area contributed by atoms with Crippen molar-refractivity contribution in [3.8, 4) is 22.6 Å². The molecule has 0 aliphatic rings. The third-order valence-corrected chi connectivity index (χ3v) is 7.20. The van der Waals surface area contributed by atoms with Gasteiger partial charge in [0.1, 0.15) is 24.7 Å². The van der Waals surface area contributed by atoms with E-state index in [2.05, 4.69) is 6.92 Å². The highest BCUT2D eigenvalue weighted by Gasteiger charge is 2.26. The van der Waals surface area contributed by atoms with Crippen LogP contribution in [0, 0.1) is 5.41 Å². The number of ether oxygens (including phenoxy) is 5. The van der Waals surface area contributed by atoms with E-state index >= 15 is 0 Å². The van der Waals surface area contributed by atoms with E-state index in [1.165, 1.54) is 6.08 Å². The van der Waals surface area contributed by atoms with Gasteiger partial charge in [-0.1, -0.05) is 63.1 Å². The summed E-state index contributed by atoms with van der Waals surface area (Å²) in [5.74, 6) is 0.0614. The summed E-state index contributed by atoms with van der Waals surface area (Å²) in [5.41, 5.74) is 2.66. The van der Waals surface area contributed by atoms with Gasteiger partial charge in [0, 0.05) is 6.08 Å². The lowest BCUT2D eigenvalue weighted by molar-refractivity contribution is -0.155. The summed E-state index contributed by atoms with van der Waals surface area (Å²) in [7, 11) is 0. The van der Waals surface area contributed by atoms with Crippen molar-refractivity contribution in [3.63, 3.8) is 0 Å². The highest BCUT2D eigenvalue weighted by atomic mass is 16.6. The second-order valence-corrected chi connectivity index (χ2v) is 11.1. The minimum Gasteiger partial charge on any atom is -0.491 e. The molecule has 0 atom stereocenters. The Hall–Kier alpha value is -4.43. The van der Waals surface area contributed by atoms with Crippen molar-refractivity contribution in [1.29, 1.82) is 0 Å². The summed E-state index contributed by atoms with van der Waals surface area (Å²) in [6, 6.07) is 21.7. The van der Waals surface area contributed by atoms with Crippen LogP contribution in [0.1, 0.15) is 69.3 Å². The number of hydrogen-bond acceptors (Lipinski definition) is 8. The number of carbonyl (C=O) groups excluding carboxylic acids is 3. The Kier molecular flexibility index (Phi) is 14.3. The van der Waals surface area contributed by atoms with Crippen LogP contribution in [0.4, 0.5) is 0 Å². The maximum absolute atomic E-state index is 12.7. The molecule has 8 nitrogen and oxygen atoms in total. The molecule has 0 aliphatic heterocycles. The maximum atomic E-state index is 12.7. The first-order valence-corrected chi connectivity index (χ1v) is 15.5. The number of benzene rings is 3. The Morgan fingerprint density at radius 2 is 1.31 bits per heavy atom. The van der Waals surface area contributed by atoms with Crippen molar-refractivity contribution >= 4 is 24.0 Å². The minimum atomic E-state index is -0.482. The average molecular weight is 617 g/mol. The molecule has 240 valence electrons. The molecule has 0 saturated carbocycles. The van der Waals surface area contributed by atoms with Crippen molar-refractivity contribution in [2.45, 2.75) is 53.4 Å². The molecule has 0 amide bonds. The fourth-order valence-electron chi connectivity index (χ4n) is 3.95. The third-order valence-electron chi connectivity index (χ3n) is 7.20. The third kappa shape index (κ3) is 12.2.